The van der Waals surface area contributed by atoms with Crippen LogP contribution in [0.2, 0.25) is 0 Å². The Hall–Kier alpha value is -0.890. The summed E-state index contributed by atoms with van der Waals surface area (Å²) in [5.74, 6) is 0. The van der Waals surface area contributed by atoms with Gasteiger partial charge in [0.15, 0.2) is 0 Å². The van der Waals surface area contributed by atoms with Gasteiger partial charge >= 0.3 is 0 Å². The van der Waals surface area contributed by atoms with Crippen molar-refractivity contribution in [2.24, 2.45) is 4.99 Å². The average molecular weight is 181 g/mol. The molecule has 0 aliphatic rings. The molecule has 1 unspecified atom stereocenters. The summed E-state index contributed by atoms with van der Waals surface area (Å²) in [6.07, 6.45) is 7.31. The maximum absolute atomic E-state index is 8.80. The predicted molar refractivity (Wildman–Crippen MR) is 58.2 cm³/mol. The van der Waals surface area contributed by atoms with Crippen molar-refractivity contribution in [3.05, 3.63) is 24.3 Å². The van der Waals surface area contributed by atoms with E-state index in [1.807, 2.05) is 12.3 Å². The third kappa shape index (κ3) is 6.29. The molecule has 0 aromatic heterocycles. The highest BCUT2D eigenvalue weighted by molar-refractivity contribution is 5.60. The minimum atomic E-state index is 0.0562. The number of rotatable bonds is 6. The SMILES string of the molecule is C=C/C(=C\CC=NC(C)CC)CO. The molecule has 0 saturated carbocycles. The Morgan fingerprint density at radius 1 is 1.62 bits per heavy atom. The second-order valence-corrected chi connectivity index (χ2v) is 2.97. The van der Waals surface area contributed by atoms with Gasteiger partial charge in [0.1, 0.15) is 0 Å². The average Bonchev–Trinajstić information content (AvgIpc) is 2.18. The predicted octanol–water partition coefficient (Wildman–Crippen LogP) is 2.35. The Balaban J connectivity index is 3.82. The van der Waals surface area contributed by atoms with Gasteiger partial charge in [-0.15, -0.1) is 0 Å². The Bertz CT molecular complexity index is 194. The van der Waals surface area contributed by atoms with Gasteiger partial charge in [-0.2, -0.15) is 0 Å². The van der Waals surface area contributed by atoms with Crippen LogP contribution in [0.5, 0.6) is 0 Å². The maximum Gasteiger partial charge on any atom is 0.0678 e. The molecule has 0 fully saturated rings. The number of hydrogen-bond donors (Lipinski definition) is 1. The quantitative estimate of drug-likeness (QED) is 0.495. The minimum Gasteiger partial charge on any atom is -0.392 e. The van der Waals surface area contributed by atoms with Gasteiger partial charge in [-0.3, -0.25) is 4.99 Å². The first-order chi connectivity index (χ1) is 6.24. The molecule has 1 N–H and O–H groups in total. The lowest BCUT2D eigenvalue weighted by atomic mass is 10.2. The van der Waals surface area contributed by atoms with Crippen molar-refractivity contribution in [2.45, 2.75) is 32.7 Å². The molecular formula is C11H19NO. The lowest BCUT2D eigenvalue weighted by Crippen LogP contribution is -1.94. The molecule has 0 aromatic rings. The Morgan fingerprint density at radius 3 is 2.77 bits per heavy atom. The molecule has 74 valence electrons. The second kappa shape index (κ2) is 7.74. The molecule has 13 heavy (non-hydrogen) atoms. The summed E-state index contributed by atoms with van der Waals surface area (Å²) >= 11 is 0. The Morgan fingerprint density at radius 2 is 2.31 bits per heavy atom. The molecule has 2 heteroatoms. The molecule has 0 aromatic carbocycles. The van der Waals surface area contributed by atoms with E-state index >= 15 is 0 Å². The lowest BCUT2D eigenvalue weighted by molar-refractivity contribution is 0.335. The normalized spacial score (nSPS) is 14.8. The van der Waals surface area contributed by atoms with Crippen molar-refractivity contribution in [3.63, 3.8) is 0 Å². The van der Waals surface area contributed by atoms with E-state index < -0.39 is 0 Å². The third-order valence-electron chi connectivity index (χ3n) is 1.88. The second-order valence-electron chi connectivity index (χ2n) is 2.97. The molecule has 0 heterocycles. The highest BCUT2D eigenvalue weighted by Gasteiger charge is 1.90. The molecule has 0 amide bonds. The molecular weight excluding hydrogens is 162 g/mol. The molecule has 0 aliphatic heterocycles. The first-order valence-electron chi connectivity index (χ1n) is 4.68. The highest BCUT2D eigenvalue weighted by Crippen LogP contribution is 1.97. The first-order valence-corrected chi connectivity index (χ1v) is 4.68. The number of hydrogen-bond acceptors (Lipinski definition) is 2. The molecule has 1 atom stereocenters. The van der Waals surface area contributed by atoms with E-state index in [1.54, 1.807) is 6.08 Å². The lowest BCUT2D eigenvalue weighted by Gasteiger charge is -1.98. The Labute approximate surface area is 80.7 Å². The molecule has 0 spiro atoms. The molecule has 0 saturated heterocycles. The molecule has 2 nitrogen and oxygen atoms in total. The summed E-state index contributed by atoms with van der Waals surface area (Å²) in [4.78, 5) is 4.30. The third-order valence-corrected chi connectivity index (χ3v) is 1.88. The van der Waals surface area contributed by atoms with E-state index in [2.05, 4.69) is 25.4 Å². The zero-order valence-electron chi connectivity index (χ0n) is 8.53. The van der Waals surface area contributed by atoms with Crippen LogP contribution in [0.1, 0.15) is 26.7 Å². The van der Waals surface area contributed by atoms with Crippen LogP contribution in [0.3, 0.4) is 0 Å². The van der Waals surface area contributed by atoms with E-state index in [0.29, 0.717) is 6.04 Å². The fraction of sp³-hybridized carbons (Fsp3) is 0.545. The minimum absolute atomic E-state index is 0.0562. The van der Waals surface area contributed by atoms with Crippen LogP contribution >= 0.6 is 0 Å². The zero-order chi connectivity index (χ0) is 10.1. The van der Waals surface area contributed by atoms with Crippen LogP contribution in [0, 0.1) is 0 Å². The smallest absolute Gasteiger partial charge is 0.0678 e. The van der Waals surface area contributed by atoms with Gasteiger partial charge in [0.05, 0.1) is 6.61 Å². The van der Waals surface area contributed by atoms with Crippen molar-refractivity contribution in [1.82, 2.24) is 0 Å². The van der Waals surface area contributed by atoms with Crippen LogP contribution in [-0.2, 0) is 0 Å². The highest BCUT2D eigenvalue weighted by atomic mass is 16.3. The van der Waals surface area contributed by atoms with Crippen molar-refractivity contribution in [3.8, 4) is 0 Å². The van der Waals surface area contributed by atoms with E-state index in [0.717, 1.165) is 18.4 Å². The van der Waals surface area contributed by atoms with Gasteiger partial charge in [0.2, 0.25) is 0 Å². The molecule has 0 aliphatic carbocycles. The number of nitrogens with zero attached hydrogens (tertiary/aromatic N) is 1. The summed E-state index contributed by atoms with van der Waals surface area (Å²) in [5.41, 5.74) is 0.857. The Kier molecular flexibility index (Phi) is 7.21. The van der Waals surface area contributed by atoms with Crippen LogP contribution in [0.4, 0.5) is 0 Å². The molecule has 0 bridgehead atoms. The summed E-state index contributed by atoms with van der Waals surface area (Å²) in [6.45, 7) is 7.84. The van der Waals surface area contributed by atoms with Gasteiger partial charge in [0.25, 0.3) is 0 Å². The topological polar surface area (TPSA) is 32.6 Å². The monoisotopic (exact) mass is 181 g/mol. The van der Waals surface area contributed by atoms with Gasteiger partial charge < -0.3 is 5.11 Å². The number of aliphatic hydroxyl groups excluding tert-OH is 1. The van der Waals surface area contributed by atoms with Gasteiger partial charge in [0, 0.05) is 18.7 Å². The van der Waals surface area contributed by atoms with Gasteiger partial charge in [-0.25, -0.2) is 0 Å². The molecule has 0 radical (unpaired) electrons. The van der Waals surface area contributed by atoms with Crippen LogP contribution in [0.25, 0.3) is 0 Å². The van der Waals surface area contributed by atoms with E-state index in [9.17, 15) is 0 Å². The fourth-order valence-electron chi connectivity index (χ4n) is 0.763. The largest absolute Gasteiger partial charge is 0.392 e. The number of aliphatic imine (C=N–C) groups is 1. The van der Waals surface area contributed by atoms with Crippen molar-refractivity contribution < 1.29 is 5.11 Å². The van der Waals surface area contributed by atoms with E-state index in [1.165, 1.54) is 0 Å². The van der Waals surface area contributed by atoms with Crippen LogP contribution in [-0.4, -0.2) is 24.0 Å². The van der Waals surface area contributed by atoms with Crippen molar-refractivity contribution in [2.75, 3.05) is 6.61 Å². The van der Waals surface area contributed by atoms with Crippen LogP contribution < -0.4 is 0 Å². The standard InChI is InChI=1S/C11H19NO/c1-4-10(3)12-8-6-7-11(5-2)9-13/h5,7-8,10,13H,2,4,6,9H2,1,3H3/b11-7+,12-8?. The van der Waals surface area contributed by atoms with Crippen molar-refractivity contribution in [1.29, 1.82) is 0 Å². The van der Waals surface area contributed by atoms with E-state index in [4.69, 9.17) is 5.11 Å². The molecule has 0 rings (SSSR count). The van der Waals surface area contributed by atoms with Gasteiger partial charge in [-0.1, -0.05) is 25.7 Å². The van der Waals surface area contributed by atoms with Gasteiger partial charge in [-0.05, 0) is 18.9 Å². The van der Waals surface area contributed by atoms with Crippen molar-refractivity contribution >= 4 is 6.21 Å². The number of aliphatic hydroxyl groups is 1. The zero-order valence-corrected chi connectivity index (χ0v) is 8.53. The summed E-state index contributed by atoms with van der Waals surface area (Å²) in [6, 6.07) is 0.398. The fourth-order valence-corrected chi connectivity index (χ4v) is 0.763. The first kappa shape index (κ1) is 12.1. The van der Waals surface area contributed by atoms with E-state index in [-0.39, 0.29) is 6.61 Å². The maximum atomic E-state index is 8.80. The summed E-state index contributed by atoms with van der Waals surface area (Å²) in [5, 5.41) is 8.80. The number of allylic oxidation sites excluding steroid dienone is 1. The van der Waals surface area contributed by atoms with Crippen LogP contribution in [0.15, 0.2) is 29.3 Å². The summed E-state index contributed by atoms with van der Waals surface area (Å²) in [7, 11) is 0. The summed E-state index contributed by atoms with van der Waals surface area (Å²) < 4.78 is 0.